The van der Waals surface area contributed by atoms with E-state index >= 15 is 0 Å². The van der Waals surface area contributed by atoms with E-state index in [9.17, 15) is 1.37 Å². The van der Waals surface area contributed by atoms with Crippen molar-refractivity contribution in [3.63, 3.8) is 0 Å². The normalized spacial score (nSPS) is 15.0. The predicted molar refractivity (Wildman–Crippen MR) is 190 cm³/mol. The lowest BCUT2D eigenvalue weighted by Crippen LogP contribution is -1.93. The smallest absolute Gasteiger partial charge is 0.136 e. The number of benzene rings is 8. The van der Waals surface area contributed by atoms with Crippen molar-refractivity contribution in [2.24, 2.45) is 0 Å². The van der Waals surface area contributed by atoms with Gasteiger partial charge in [-0.3, -0.25) is 0 Å². The van der Waals surface area contributed by atoms with Gasteiger partial charge in [-0.2, -0.15) is 0 Å². The molecule has 0 aliphatic heterocycles. The first-order valence-electron chi connectivity index (χ1n) is 20.1. The van der Waals surface area contributed by atoms with Gasteiger partial charge in [-0.1, -0.05) is 158 Å². The average Bonchev–Trinajstić information content (AvgIpc) is 3.62. The van der Waals surface area contributed by atoms with Crippen LogP contribution in [0.15, 0.2) is 174 Å². The summed E-state index contributed by atoms with van der Waals surface area (Å²) in [6, 6.07) is 27.5. The summed E-state index contributed by atoms with van der Waals surface area (Å²) < 4.78 is 103. The predicted octanol–water partition coefficient (Wildman–Crippen LogP) is 12.6. The van der Waals surface area contributed by atoms with Gasteiger partial charge in [-0.25, -0.2) is 0 Å². The number of furan rings is 1. The Hall–Kier alpha value is -5.92. The minimum Gasteiger partial charge on any atom is -0.456 e. The van der Waals surface area contributed by atoms with Gasteiger partial charge in [0.15, 0.2) is 0 Å². The number of rotatable bonds is 4. The van der Waals surface area contributed by atoms with Crippen LogP contribution in [0, 0.1) is 0 Å². The Labute approximate surface area is 277 Å². The molecule has 210 valence electrons. The van der Waals surface area contributed by atoms with Gasteiger partial charge in [0.1, 0.15) is 11.2 Å². The van der Waals surface area contributed by atoms with Gasteiger partial charge in [0.2, 0.25) is 0 Å². The fourth-order valence-electron chi connectivity index (χ4n) is 6.52. The maximum atomic E-state index is 9.55. The molecule has 0 amide bonds. The Kier molecular flexibility index (Phi) is 3.87. The van der Waals surface area contributed by atoms with Crippen molar-refractivity contribution < 1.29 is 19.5 Å². The first-order chi connectivity index (χ1) is 26.9. The zero-order chi connectivity index (χ0) is 39.3. The van der Waals surface area contributed by atoms with Crippen molar-refractivity contribution in [1.82, 2.24) is 0 Å². The molecule has 0 aliphatic carbocycles. The van der Waals surface area contributed by atoms with Crippen LogP contribution in [0.25, 0.3) is 88.0 Å². The van der Waals surface area contributed by atoms with Crippen LogP contribution in [0.3, 0.4) is 0 Å². The zero-order valence-corrected chi connectivity index (χ0v) is 23.7. The van der Waals surface area contributed by atoms with E-state index in [0.29, 0.717) is 16.3 Å². The molecule has 9 aromatic rings. The Bertz CT molecular complexity index is 3070. The third-order valence-electron chi connectivity index (χ3n) is 8.35. The quantitative estimate of drug-likeness (QED) is 0.188. The molecule has 0 spiro atoms. The van der Waals surface area contributed by atoms with E-state index in [2.05, 4.69) is 24.3 Å². The minimum atomic E-state index is -0.651. The summed E-state index contributed by atoms with van der Waals surface area (Å²) in [6.07, 6.45) is 0. The highest BCUT2D eigenvalue weighted by Crippen LogP contribution is 2.49. The fraction of sp³-hybridized carbons (Fsp3) is 0. The summed E-state index contributed by atoms with van der Waals surface area (Å²) in [5.41, 5.74) is 3.53. The zero-order valence-electron chi connectivity index (χ0n) is 34.7. The molecule has 0 bridgehead atoms. The number of fused-ring (bicyclic) bond motifs is 5. The topological polar surface area (TPSA) is 13.1 Å². The van der Waals surface area contributed by atoms with Crippen LogP contribution < -0.4 is 0 Å². The highest BCUT2D eigenvalue weighted by Gasteiger charge is 2.22. The first kappa shape index (κ1) is 16.8. The Morgan fingerprint density at radius 3 is 1.47 bits per heavy atom. The van der Waals surface area contributed by atoms with Crippen molar-refractivity contribution in [3.05, 3.63) is 170 Å². The molecule has 0 aliphatic rings. The molecule has 9 rings (SSSR count). The number of hydrogen-bond donors (Lipinski definition) is 0. The van der Waals surface area contributed by atoms with E-state index in [1.54, 1.807) is 0 Å². The Balaban J connectivity index is 1.52. The molecular formula is C44H28O. The molecule has 1 heteroatoms. The second-order valence-electron chi connectivity index (χ2n) is 10.8. The molecule has 0 radical (unpaired) electrons. The monoisotopic (exact) mass is 583 g/mol. The lowest BCUT2D eigenvalue weighted by molar-refractivity contribution is 0.669. The maximum Gasteiger partial charge on any atom is 0.136 e. The van der Waals surface area contributed by atoms with Crippen molar-refractivity contribution in [2.75, 3.05) is 0 Å². The third kappa shape index (κ3) is 4.02. The van der Waals surface area contributed by atoms with Crippen molar-refractivity contribution in [2.45, 2.75) is 0 Å². The minimum absolute atomic E-state index is 0.0480. The molecule has 0 saturated heterocycles. The summed E-state index contributed by atoms with van der Waals surface area (Å²) in [5.74, 6) is 0. The summed E-state index contributed by atoms with van der Waals surface area (Å²) in [7, 11) is 0. The molecule has 8 aromatic carbocycles. The molecule has 0 unspecified atom stereocenters. The SMILES string of the molecule is [2H]c1c([2H])c([2H])c(-c2c([2H])c([2H])c([2H])c3oc4c([2H])c([2H])c([2H])c(-c5c6ccccc6c(-c6ccccc6-c6ccccc6)c6ccccc56)c4c23)c([2H])c1[2H]. The van der Waals surface area contributed by atoms with Gasteiger partial charge < -0.3 is 4.42 Å². The first-order valence-corrected chi connectivity index (χ1v) is 14.6. The van der Waals surface area contributed by atoms with Gasteiger partial charge in [-0.05, 0) is 78.1 Å². The molecule has 45 heavy (non-hydrogen) atoms. The summed E-state index contributed by atoms with van der Waals surface area (Å²) in [6.45, 7) is 0. The lowest BCUT2D eigenvalue weighted by atomic mass is 9.83. The van der Waals surface area contributed by atoms with Crippen LogP contribution in [-0.4, -0.2) is 0 Å². The van der Waals surface area contributed by atoms with E-state index in [0.717, 1.165) is 33.0 Å². The van der Waals surface area contributed by atoms with Crippen molar-refractivity contribution in [3.8, 4) is 44.5 Å². The third-order valence-corrected chi connectivity index (χ3v) is 8.35. The van der Waals surface area contributed by atoms with E-state index < -0.39 is 60.4 Å². The molecule has 1 heterocycles. The second kappa shape index (κ2) is 10.4. The molecule has 0 atom stereocenters. The van der Waals surface area contributed by atoms with Gasteiger partial charge in [-0.15, -0.1) is 0 Å². The van der Waals surface area contributed by atoms with Crippen LogP contribution >= 0.6 is 0 Å². The Morgan fingerprint density at radius 2 is 0.844 bits per heavy atom. The average molecular weight is 584 g/mol. The largest absolute Gasteiger partial charge is 0.456 e. The van der Waals surface area contributed by atoms with Crippen LogP contribution in [0.5, 0.6) is 0 Å². The van der Waals surface area contributed by atoms with E-state index in [-0.39, 0.29) is 44.7 Å². The van der Waals surface area contributed by atoms with Crippen LogP contribution in [0.2, 0.25) is 0 Å². The maximum absolute atomic E-state index is 9.55. The van der Waals surface area contributed by atoms with Crippen LogP contribution in [0.4, 0.5) is 0 Å². The molecule has 1 aromatic heterocycles. The molecular weight excluding hydrogens is 544 g/mol. The number of hydrogen-bond acceptors (Lipinski definition) is 1. The summed E-state index contributed by atoms with van der Waals surface area (Å²) in [4.78, 5) is 0. The van der Waals surface area contributed by atoms with E-state index in [1.165, 1.54) is 0 Å². The van der Waals surface area contributed by atoms with Crippen molar-refractivity contribution >= 4 is 43.5 Å². The van der Waals surface area contributed by atoms with Crippen LogP contribution in [-0.2, 0) is 0 Å². The highest BCUT2D eigenvalue weighted by atomic mass is 16.3. The van der Waals surface area contributed by atoms with Gasteiger partial charge in [0.05, 0.1) is 15.1 Å². The lowest BCUT2D eigenvalue weighted by Gasteiger charge is -2.20. The van der Waals surface area contributed by atoms with E-state index in [1.807, 2.05) is 78.9 Å². The molecule has 0 fully saturated rings. The standard InChI is InChI=1S/C44H28O/c1-3-15-29(16-4-1)31-19-7-8-20-33(31)41-34-21-9-11-23-36(34)42(37-24-12-10-22-35(37)41)38-26-14-28-40-44(38)43-32(25-13-27-39(43)45-40)30-17-5-2-6-18-30/h1-28H/i2D,5D,6D,13D,14D,17D,18D,25D,26D,27D,28D. The molecule has 0 N–H and O–H groups in total. The second-order valence-corrected chi connectivity index (χ2v) is 10.8. The highest BCUT2D eigenvalue weighted by molar-refractivity contribution is 6.27. The molecule has 1 nitrogen and oxygen atoms in total. The summed E-state index contributed by atoms with van der Waals surface area (Å²) in [5, 5.41) is 3.07. The van der Waals surface area contributed by atoms with Crippen molar-refractivity contribution in [1.29, 1.82) is 0 Å². The van der Waals surface area contributed by atoms with Gasteiger partial charge in [0, 0.05) is 10.8 Å². The fourth-order valence-corrected chi connectivity index (χ4v) is 6.52. The summed E-state index contributed by atoms with van der Waals surface area (Å²) >= 11 is 0. The van der Waals surface area contributed by atoms with Crippen LogP contribution in [0.1, 0.15) is 15.1 Å². The van der Waals surface area contributed by atoms with Gasteiger partial charge >= 0.3 is 0 Å². The van der Waals surface area contributed by atoms with Gasteiger partial charge in [0.25, 0.3) is 0 Å². The molecule has 0 saturated carbocycles. The van der Waals surface area contributed by atoms with E-state index in [4.69, 9.17) is 18.1 Å². The Morgan fingerprint density at radius 1 is 0.356 bits per heavy atom.